The highest BCUT2D eigenvalue weighted by Crippen LogP contribution is 2.42. The molecule has 0 aliphatic heterocycles. The van der Waals surface area contributed by atoms with E-state index >= 15 is 0 Å². The van der Waals surface area contributed by atoms with Gasteiger partial charge < -0.3 is 14.8 Å². The summed E-state index contributed by atoms with van der Waals surface area (Å²) >= 11 is 19.5. The average molecular weight is 725 g/mol. The Hall–Kier alpha value is -2.92. The highest BCUT2D eigenvalue weighted by molar-refractivity contribution is 9.10. The Labute approximate surface area is 263 Å². The smallest absolute Gasteiger partial charge is 0.282 e. The van der Waals surface area contributed by atoms with Crippen molar-refractivity contribution in [2.45, 2.75) is 33.1 Å². The molecule has 1 amide bonds. The molecule has 41 heavy (non-hydrogen) atoms. The molecule has 3 aromatic carbocycles. The molecule has 8 nitrogen and oxygen atoms in total. The van der Waals surface area contributed by atoms with Crippen LogP contribution in [0.15, 0.2) is 67.4 Å². The molecule has 0 fully saturated rings. The van der Waals surface area contributed by atoms with Crippen molar-refractivity contribution in [3.8, 4) is 11.5 Å². The summed E-state index contributed by atoms with van der Waals surface area (Å²) in [6.07, 6.45) is 1.50. The van der Waals surface area contributed by atoms with Gasteiger partial charge in [-0.3, -0.25) is 9.59 Å². The first-order valence-corrected chi connectivity index (χ1v) is 14.8. The zero-order chi connectivity index (χ0) is 29.9. The maximum atomic E-state index is 13.5. The summed E-state index contributed by atoms with van der Waals surface area (Å²) in [6.45, 7) is 7.70. The quantitative estimate of drug-likeness (QED) is 0.187. The summed E-state index contributed by atoms with van der Waals surface area (Å²) < 4.78 is 14.1. The number of nitrogens with zero attached hydrogens (tertiary/aromatic N) is 3. The molecule has 4 rings (SSSR count). The van der Waals surface area contributed by atoms with Gasteiger partial charge in [-0.2, -0.15) is 9.78 Å². The Kier molecular flexibility index (Phi) is 9.79. The van der Waals surface area contributed by atoms with E-state index in [0.717, 1.165) is 4.47 Å². The second-order valence-corrected chi connectivity index (χ2v) is 12.4. The molecule has 0 spiro atoms. The number of carbonyl (C=O) groups is 1. The lowest BCUT2D eigenvalue weighted by Crippen LogP contribution is -2.29. The lowest BCUT2D eigenvalue weighted by atomic mass is 9.95. The Bertz CT molecular complexity index is 1700. The standard InChI is InChI=1S/C29H26Br2Cl2N4O4/c1-5-40-22-12-16(24(31)25(33)26(22)41-15-23(38)35-19-9-7-18(32)8-10-19)14-34-37-27(39)20-13-17(30)6-11-21(20)36-28(37)29(2,3)4/h6-14H,5,15H2,1-4H3,(H,35,38). The molecule has 1 N–H and O–H groups in total. The van der Waals surface area contributed by atoms with Crippen LogP contribution < -0.4 is 20.3 Å². The maximum Gasteiger partial charge on any atom is 0.282 e. The molecule has 0 unspecified atom stereocenters. The monoisotopic (exact) mass is 722 g/mol. The van der Waals surface area contributed by atoms with Gasteiger partial charge in [-0.15, -0.1) is 0 Å². The number of anilines is 1. The summed E-state index contributed by atoms with van der Waals surface area (Å²) in [4.78, 5) is 30.7. The number of aromatic nitrogens is 2. The van der Waals surface area contributed by atoms with Crippen LogP contribution in [0.25, 0.3) is 10.9 Å². The van der Waals surface area contributed by atoms with Crippen molar-refractivity contribution >= 4 is 83.8 Å². The number of rotatable bonds is 8. The Morgan fingerprint density at radius 3 is 2.46 bits per heavy atom. The average Bonchev–Trinajstić information content (AvgIpc) is 2.91. The first kappa shape index (κ1) is 31.0. The lowest BCUT2D eigenvalue weighted by molar-refractivity contribution is -0.118. The molecule has 214 valence electrons. The minimum absolute atomic E-state index is 0.181. The molecule has 12 heteroatoms. The van der Waals surface area contributed by atoms with E-state index in [1.807, 2.05) is 33.8 Å². The second kappa shape index (κ2) is 12.9. The van der Waals surface area contributed by atoms with E-state index in [1.54, 1.807) is 42.5 Å². The van der Waals surface area contributed by atoms with Crippen LogP contribution in [0.5, 0.6) is 11.5 Å². The fourth-order valence-electron chi connectivity index (χ4n) is 3.83. The summed E-state index contributed by atoms with van der Waals surface area (Å²) in [5.74, 6) is 0.601. The maximum absolute atomic E-state index is 13.5. The number of benzene rings is 3. The zero-order valence-electron chi connectivity index (χ0n) is 22.6. The van der Waals surface area contributed by atoms with Crippen molar-refractivity contribution in [3.63, 3.8) is 0 Å². The molecular weight excluding hydrogens is 699 g/mol. The number of hydrogen-bond acceptors (Lipinski definition) is 6. The van der Waals surface area contributed by atoms with E-state index in [0.29, 0.717) is 49.8 Å². The summed E-state index contributed by atoms with van der Waals surface area (Å²) in [5.41, 5.74) is 0.896. The minimum atomic E-state index is -0.479. The molecule has 1 heterocycles. The molecule has 0 saturated heterocycles. The molecule has 1 aromatic heterocycles. The van der Waals surface area contributed by atoms with Crippen molar-refractivity contribution in [2.75, 3.05) is 18.5 Å². The first-order chi connectivity index (χ1) is 19.4. The molecule has 0 saturated carbocycles. The van der Waals surface area contributed by atoms with Crippen LogP contribution in [0.2, 0.25) is 10.0 Å². The Morgan fingerprint density at radius 2 is 1.80 bits per heavy atom. The molecule has 0 bridgehead atoms. The fraction of sp³-hybridized carbons (Fsp3) is 0.241. The topological polar surface area (TPSA) is 94.8 Å². The third-order valence-corrected chi connectivity index (χ3v) is 7.91. The highest BCUT2D eigenvalue weighted by Gasteiger charge is 2.23. The first-order valence-electron chi connectivity index (χ1n) is 12.5. The van der Waals surface area contributed by atoms with E-state index in [1.165, 1.54) is 10.9 Å². The Morgan fingerprint density at radius 1 is 1.10 bits per heavy atom. The predicted octanol–water partition coefficient (Wildman–Crippen LogP) is 7.82. The summed E-state index contributed by atoms with van der Waals surface area (Å²) in [7, 11) is 0. The minimum Gasteiger partial charge on any atom is -0.490 e. The molecule has 0 aliphatic carbocycles. The van der Waals surface area contributed by atoms with Crippen LogP contribution in [0.1, 0.15) is 39.1 Å². The van der Waals surface area contributed by atoms with Crippen LogP contribution >= 0.6 is 55.1 Å². The van der Waals surface area contributed by atoms with Crippen molar-refractivity contribution in [3.05, 3.63) is 89.3 Å². The molecule has 0 atom stereocenters. The number of halogens is 4. The van der Waals surface area contributed by atoms with Crippen molar-refractivity contribution in [1.29, 1.82) is 0 Å². The van der Waals surface area contributed by atoms with E-state index < -0.39 is 11.3 Å². The van der Waals surface area contributed by atoms with Gasteiger partial charge in [0.2, 0.25) is 0 Å². The van der Waals surface area contributed by atoms with Crippen molar-refractivity contribution in [1.82, 2.24) is 9.66 Å². The van der Waals surface area contributed by atoms with Gasteiger partial charge in [0.15, 0.2) is 18.1 Å². The molecule has 0 radical (unpaired) electrons. The van der Waals surface area contributed by atoms with Crippen LogP contribution in [0.3, 0.4) is 0 Å². The van der Waals surface area contributed by atoms with E-state index in [2.05, 4.69) is 42.3 Å². The van der Waals surface area contributed by atoms with Gasteiger partial charge in [-0.25, -0.2) is 4.98 Å². The second-order valence-electron chi connectivity index (χ2n) is 9.91. The Balaban J connectivity index is 1.68. The van der Waals surface area contributed by atoms with Crippen molar-refractivity contribution < 1.29 is 14.3 Å². The van der Waals surface area contributed by atoms with Gasteiger partial charge in [0.1, 0.15) is 10.8 Å². The fourth-order valence-corrected chi connectivity index (χ4v) is 4.97. The van der Waals surface area contributed by atoms with Crippen LogP contribution in [-0.2, 0) is 10.2 Å². The molecule has 0 aliphatic rings. The van der Waals surface area contributed by atoms with E-state index in [9.17, 15) is 9.59 Å². The van der Waals surface area contributed by atoms with Gasteiger partial charge in [-0.1, -0.05) is 59.9 Å². The predicted molar refractivity (Wildman–Crippen MR) is 171 cm³/mol. The number of hydrogen-bond donors (Lipinski definition) is 1. The number of carbonyl (C=O) groups excluding carboxylic acids is 1. The summed E-state index contributed by atoms with van der Waals surface area (Å²) in [6, 6.07) is 13.7. The SMILES string of the molecule is CCOc1cc(C=Nn2c(C(C)(C)C)nc3ccc(Br)cc3c2=O)c(Br)c(Cl)c1OCC(=O)Nc1ccc(Cl)cc1. The largest absolute Gasteiger partial charge is 0.490 e. The van der Waals surface area contributed by atoms with Gasteiger partial charge in [0, 0.05) is 30.6 Å². The zero-order valence-corrected chi connectivity index (χ0v) is 27.3. The van der Waals surface area contributed by atoms with E-state index in [-0.39, 0.29) is 22.9 Å². The number of amides is 1. The van der Waals surface area contributed by atoms with Gasteiger partial charge in [0.05, 0.1) is 23.7 Å². The van der Waals surface area contributed by atoms with Gasteiger partial charge in [0.25, 0.3) is 11.5 Å². The number of nitrogens with one attached hydrogen (secondary N) is 1. The van der Waals surface area contributed by atoms with E-state index in [4.69, 9.17) is 37.7 Å². The molecular formula is C29H26Br2Cl2N4O4. The van der Waals surface area contributed by atoms with Gasteiger partial charge >= 0.3 is 0 Å². The normalized spacial score (nSPS) is 11.7. The third kappa shape index (κ3) is 7.30. The van der Waals surface area contributed by atoms with Crippen LogP contribution in [0, 0.1) is 0 Å². The highest BCUT2D eigenvalue weighted by atomic mass is 79.9. The lowest BCUT2D eigenvalue weighted by Gasteiger charge is -2.21. The molecule has 4 aromatic rings. The van der Waals surface area contributed by atoms with Crippen LogP contribution in [0.4, 0.5) is 5.69 Å². The third-order valence-electron chi connectivity index (χ3n) is 5.72. The number of ether oxygens (including phenoxy) is 2. The van der Waals surface area contributed by atoms with Gasteiger partial charge in [-0.05, 0) is 71.4 Å². The van der Waals surface area contributed by atoms with Crippen molar-refractivity contribution in [2.24, 2.45) is 5.10 Å². The summed E-state index contributed by atoms with van der Waals surface area (Å²) in [5, 5.41) is 8.43. The van der Waals surface area contributed by atoms with Crippen LogP contribution in [-0.4, -0.2) is 35.0 Å². The number of fused-ring (bicyclic) bond motifs is 1.